The van der Waals surface area contributed by atoms with E-state index in [1.165, 1.54) is 16.0 Å². The van der Waals surface area contributed by atoms with Crippen LogP contribution in [0.15, 0.2) is 88.6 Å². The quantitative estimate of drug-likeness (QED) is 0.320. The van der Waals surface area contributed by atoms with Crippen LogP contribution < -0.4 is 10.3 Å². The lowest BCUT2D eigenvalue weighted by Gasteiger charge is -2.30. The zero-order valence-corrected chi connectivity index (χ0v) is 21.3. The van der Waals surface area contributed by atoms with Gasteiger partial charge in [-0.3, -0.25) is 9.36 Å². The predicted molar refractivity (Wildman–Crippen MR) is 139 cm³/mol. The maximum atomic E-state index is 13.8. The minimum absolute atomic E-state index is 0.0741. The Morgan fingerprint density at radius 1 is 0.972 bits per heavy atom. The second-order valence-electron chi connectivity index (χ2n) is 8.13. The molecule has 9 heteroatoms. The Morgan fingerprint density at radius 2 is 1.64 bits per heavy atom. The first kappa shape index (κ1) is 25.6. The van der Waals surface area contributed by atoms with Gasteiger partial charge in [-0.25, -0.2) is 13.4 Å². The average Bonchev–Trinajstić information content (AvgIpc) is 2.90. The van der Waals surface area contributed by atoms with Crippen LogP contribution in [0.3, 0.4) is 0 Å². The molecular weight excluding hydrogens is 478 g/mol. The summed E-state index contributed by atoms with van der Waals surface area (Å²) in [7, 11) is -2.43. The molecule has 0 aliphatic heterocycles. The number of aromatic nitrogens is 2. The van der Waals surface area contributed by atoms with Gasteiger partial charge in [0.1, 0.15) is 11.6 Å². The molecule has 0 spiro atoms. The van der Waals surface area contributed by atoms with Crippen molar-refractivity contribution in [2.45, 2.75) is 24.8 Å². The van der Waals surface area contributed by atoms with Crippen LogP contribution in [0.5, 0.6) is 5.75 Å². The first-order valence-corrected chi connectivity index (χ1v) is 13.1. The first-order valence-electron chi connectivity index (χ1n) is 11.7. The number of benzene rings is 3. The average molecular weight is 508 g/mol. The Morgan fingerprint density at radius 3 is 2.36 bits per heavy atom. The lowest BCUT2D eigenvalue weighted by Crippen LogP contribution is -2.39. The summed E-state index contributed by atoms with van der Waals surface area (Å²) in [5, 5.41) is 0.425. The molecule has 36 heavy (non-hydrogen) atoms. The number of rotatable bonds is 10. The molecule has 1 aromatic heterocycles. The number of ether oxygens (including phenoxy) is 2. The third-order valence-electron chi connectivity index (χ3n) is 5.88. The molecule has 1 atom stereocenters. The van der Waals surface area contributed by atoms with Gasteiger partial charge in [0.05, 0.1) is 40.7 Å². The minimum atomic E-state index is -3.94. The molecule has 4 rings (SSSR count). The van der Waals surface area contributed by atoms with Crippen molar-refractivity contribution in [1.29, 1.82) is 0 Å². The van der Waals surface area contributed by atoms with Crippen molar-refractivity contribution in [1.82, 2.24) is 13.9 Å². The van der Waals surface area contributed by atoms with Crippen LogP contribution in [0, 0.1) is 0 Å². The molecule has 0 bridgehead atoms. The molecule has 0 amide bonds. The molecule has 1 heterocycles. The van der Waals surface area contributed by atoms with Gasteiger partial charge in [0.2, 0.25) is 10.0 Å². The van der Waals surface area contributed by atoms with E-state index in [0.717, 1.165) is 0 Å². The van der Waals surface area contributed by atoms with Crippen LogP contribution in [-0.4, -0.2) is 49.1 Å². The summed E-state index contributed by atoms with van der Waals surface area (Å²) in [6.45, 7) is 4.24. The first-order chi connectivity index (χ1) is 17.4. The monoisotopic (exact) mass is 507 g/mol. The molecule has 0 aliphatic carbocycles. The molecular formula is C27H29N3O5S. The normalized spacial score (nSPS) is 12.7. The maximum absolute atomic E-state index is 13.8. The Labute approximate surface area is 210 Å². The summed E-state index contributed by atoms with van der Waals surface area (Å²) in [5.74, 6) is 0.781. The van der Waals surface area contributed by atoms with Crippen LogP contribution in [0.25, 0.3) is 16.6 Å². The Bertz CT molecular complexity index is 1500. The summed E-state index contributed by atoms with van der Waals surface area (Å²) >= 11 is 0. The van der Waals surface area contributed by atoms with E-state index in [9.17, 15) is 13.2 Å². The number of hydrogen-bond donors (Lipinski definition) is 0. The van der Waals surface area contributed by atoms with Gasteiger partial charge in [-0.15, -0.1) is 0 Å². The molecule has 4 aromatic rings. The Balaban J connectivity index is 1.98. The second-order valence-corrected chi connectivity index (χ2v) is 10.0. The van der Waals surface area contributed by atoms with E-state index in [-0.39, 0.29) is 29.4 Å². The van der Waals surface area contributed by atoms with E-state index in [0.29, 0.717) is 28.9 Å². The molecule has 0 saturated heterocycles. The van der Waals surface area contributed by atoms with Gasteiger partial charge < -0.3 is 9.47 Å². The van der Waals surface area contributed by atoms with E-state index in [1.807, 2.05) is 13.0 Å². The van der Waals surface area contributed by atoms with Crippen LogP contribution in [0.1, 0.15) is 25.7 Å². The van der Waals surface area contributed by atoms with Gasteiger partial charge >= 0.3 is 0 Å². The maximum Gasteiger partial charge on any atom is 0.266 e. The molecule has 0 N–H and O–H groups in total. The van der Waals surface area contributed by atoms with E-state index in [2.05, 4.69) is 0 Å². The zero-order valence-electron chi connectivity index (χ0n) is 20.5. The van der Waals surface area contributed by atoms with Gasteiger partial charge in [-0.2, -0.15) is 4.31 Å². The van der Waals surface area contributed by atoms with E-state index in [4.69, 9.17) is 14.5 Å². The zero-order chi connectivity index (χ0) is 25.7. The molecule has 8 nitrogen and oxygen atoms in total. The smallest absolute Gasteiger partial charge is 0.266 e. The Kier molecular flexibility index (Phi) is 7.83. The number of fused-ring (bicyclic) bond motifs is 1. The highest BCUT2D eigenvalue weighted by Crippen LogP contribution is 2.30. The predicted octanol–water partition coefficient (Wildman–Crippen LogP) is 4.18. The number of nitrogens with zero attached hydrogens (tertiary/aromatic N) is 3. The van der Waals surface area contributed by atoms with Crippen LogP contribution in [0.2, 0.25) is 0 Å². The molecule has 3 aromatic carbocycles. The number of hydrogen-bond acceptors (Lipinski definition) is 6. The molecule has 0 radical (unpaired) electrons. The minimum Gasteiger partial charge on any atom is -0.492 e. The van der Waals surface area contributed by atoms with Gasteiger partial charge in [-0.1, -0.05) is 42.5 Å². The molecule has 1 unspecified atom stereocenters. The highest BCUT2D eigenvalue weighted by atomic mass is 32.2. The highest BCUT2D eigenvalue weighted by Gasteiger charge is 2.33. The SMILES string of the molecule is CCOc1ccccc1-n1c(C(C)N(CCOC)S(=O)(=O)c2ccccc2)nc2ccccc2c1=O. The Hall–Kier alpha value is -3.53. The molecule has 188 valence electrons. The van der Waals surface area contributed by atoms with Crippen molar-refractivity contribution in [3.8, 4) is 11.4 Å². The largest absolute Gasteiger partial charge is 0.492 e. The van der Waals surface area contributed by atoms with Gasteiger partial charge in [0.25, 0.3) is 5.56 Å². The summed E-state index contributed by atoms with van der Waals surface area (Å²) in [5.41, 5.74) is 0.671. The summed E-state index contributed by atoms with van der Waals surface area (Å²) in [6.07, 6.45) is 0. The topological polar surface area (TPSA) is 90.7 Å². The lowest BCUT2D eigenvalue weighted by atomic mass is 10.2. The van der Waals surface area contributed by atoms with Crippen LogP contribution in [-0.2, 0) is 14.8 Å². The number of methoxy groups -OCH3 is 1. The molecule has 0 saturated carbocycles. The molecule has 0 fully saturated rings. The van der Waals surface area contributed by atoms with Gasteiger partial charge in [-0.05, 0) is 50.2 Å². The summed E-state index contributed by atoms with van der Waals surface area (Å²) in [6, 6.07) is 21.6. The fraction of sp³-hybridized carbons (Fsp3) is 0.259. The van der Waals surface area contributed by atoms with E-state index in [1.54, 1.807) is 79.7 Å². The number of sulfonamides is 1. The van der Waals surface area contributed by atoms with Gasteiger partial charge in [0, 0.05) is 13.7 Å². The number of para-hydroxylation sites is 3. The van der Waals surface area contributed by atoms with Crippen molar-refractivity contribution in [3.05, 3.63) is 95.0 Å². The highest BCUT2D eigenvalue weighted by molar-refractivity contribution is 7.89. The van der Waals surface area contributed by atoms with Crippen LogP contribution in [0.4, 0.5) is 0 Å². The van der Waals surface area contributed by atoms with Crippen molar-refractivity contribution in [2.75, 3.05) is 26.9 Å². The lowest BCUT2D eigenvalue weighted by molar-refractivity contribution is 0.166. The van der Waals surface area contributed by atoms with Gasteiger partial charge in [0.15, 0.2) is 0 Å². The molecule has 0 aliphatic rings. The second kappa shape index (κ2) is 11.0. The third kappa shape index (κ3) is 4.90. The van der Waals surface area contributed by atoms with Crippen LogP contribution >= 0.6 is 0 Å². The van der Waals surface area contributed by atoms with E-state index >= 15 is 0 Å². The summed E-state index contributed by atoms with van der Waals surface area (Å²) in [4.78, 5) is 18.8. The summed E-state index contributed by atoms with van der Waals surface area (Å²) < 4.78 is 41.3. The van der Waals surface area contributed by atoms with Crippen molar-refractivity contribution >= 4 is 20.9 Å². The van der Waals surface area contributed by atoms with Crippen molar-refractivity contribution in [3.63, 3.8) is 0 Å². The third-order valence-corrected chi connectivity index (χ3v) is 7.86. The van der Waals surface area contributed by atoms with Crippen molar-refractivity contribution < 1.29 is 17.9 Å². The van der Waals surface area contributed by atoms with E-state index < -0.39 is 16.1 Å². The fourth-order valence-corrected chi connectivity index (χ4v) is 5.74. The fourth-order valence-electron chi connectivity index (χ4n) is 4.14. The standard InChI is InChI=1S/C27H29N3O5S/c1-4-35-25-17-11-10-16-24(25)30-26(28-23-15-9-8-14-22(23)27(30)31)20(2)29(18-19-34-3)36(32,33)21-12-6-5-7-13-21/h5-17,20H,4,18-19H2,1-3H3. The van der Waals surface area contributed by atoms with Crippen molar-refractivity contribution in [2.24, 2.45) is 0 Å².